The third-order valence-corrected chi connectivity index (χ3v) is 0. The minimum atomic E-state index is 0. The van der Waals surface area contributed by atoms with E-state index < -0.39 is 0 Å². The molecule has 6 heteroatoms. The third-order valence-electron chi connectivity index (χ3n) is 0. The summed E-state index contributed by atoms with van der Waals surface area (Å²) in [5.41, 5.74) is 0. The summed E-state index contributed by atoms with van der Waals surface area (Å²) in [6.07, 6.45) is 0. The molecule has 0 aliphatic heterocycles. The summed E-state index contributed by atoms with van der Waals surface area (Å²) in [5, 5.41) is 0. The van der Waals surface area contributed by atoms with E-state index >= 15 is 0 Å². The summed E-state index contributed by atoms with van der Waals surface area (Å²) in [4.78, 5) is 0. The van der Waals surface area contributed by atoms with Crippen molar-refractivity contribution in [2.45, 2.75) is 0 Å². The second kappa shape index (κ2) is 55.2. The number of hydrogen-bond donors (Lipinski definition) is 0. The van der Waals surface area contributed by atoms with Crippen molar-refractivity contribution in [3.63, 3.8) is 0 Å². The summed E-state index contributed by atoms with van der Waals surface area (Å²) < 4.78 is 0. The number of hydrogen-bond acceptors (Lipinski definition) is 0. The predicted octanol–water partition coefficient (Wildman–Crippen LogP) is -0.742. The van der Waals surface area contributed by atoms with Gasteiger partial charge in [-0.1, -0.05) is 0 Å². The van der Waals surface area contributed by atoms with Crippen molar-refractivity contribution in [1.29, 1.82) is 0 Å². The van der Waals surface area contributed by atoms with Crippen molar-refractivity contribution < 1.29 is 53.0 Å². The van der Waals surface area contributed by atoms with Gasteiger partial charge in [0, 0.05) is 0 Å². The Labute approximate surface area is 89.4 Å². The molecular formula is CaCuO3Zn. The van der Waals surface area contributed by atoms with Gasteiger partial charge < -0.3 is 16.4 Å². The van der Waals surface area contributed by atoms with Crippen LogP contribution in [-0.4, -0.2) is 37.7 Å². The monoisotopic (exact) mass is 215 g/mol. The molecule has 0 unspecified atom stereocenters. The Morgan fingerprint density at radius 3 is 0.667 bits per heavy atom. The van der Waals surface area contributed by atoms with Gasteiger partial charge in [-0.2, -0.15) is 0 Å². The minimum Gasteiger partial charge on any atom is -2.00 e. The summed E-state index contributed by atoms with van der Waals surface area (Å²) in [6.45, 7) is 0. The van der Waals surface area contributed by atoms with Crippen LogP contribution in [0.3, 0.4) is 0 Å². The van der Waals surface area contributed by atoms with Gasteiger partial charge in [-0.05, 0) is 0 Å². The fraction of sp³-hybridized carbons (Fsp3) is 0. The van der Waals surface area contributed by atoms with E-state index in [4.69, 9.17) is 0 Å². The minimum absolute atomic E-state index is 0. The SMILES string of the molecule is [Ca+2].[Cu+2].[O-2].[O-2].[O-2].[Zn+2]. The first-order valence-corrected chi connectivity index (χ1v) is 0. The summed E-state index contributed by atoms with van der Waals surface area (Å²) in [5.74, 6) is 0. The van der Waals surface area contributed by atoms with Crippen molar-refractivity contribution in [2.75, 3.05) is 0 Å². The van der Waals surface area contributed by atoms with Crippen LogP contribution in [0.1, 0.15) is 0 Å². The summed E-state index contributed by atoms with van der Waals surface area (Å²) >= 11 is 0. The van der Waals surface area contributed by atoms with Gasteiger partial charge in [-0.15, -0.1) is 0 Å². The summed E-state index contributed by atoms with van der Waals surface area (Å²) in [6, 6.07) is 0. The Morgan fingerprint density at radius 2 is 0.667 bits per heavy atom. The second-order valence-electron chi connectivity index (χ2n) is 0. The van der Waals surface area contributed by atoms with Crippen LogP contribution in [0.25, 0.3) is 0 Å². The van der Waals surface area contributed by atoms with E-state index in [2.05, 4.69) is 0 Å². The maximum atomic E-state index is 0. The molecule has 0 atom stereocenters. The molecule has 0 rings (SSSR count). The largest absolute Gasteiger partial charge is 2.00 e. The Balaban J connectivity index is 0. The van der Waals surface area contributed by atoms with Crippen LogP contribution in [0.4, 0.5) is 0 Å². The molecule has 0 amide bonds. The molecule has 33 valence electrons. The zero-order chi connectivity index (χ0) is 0. The Morgan fingerprint density at radius 1 is 0.667 bits per heavy atom. The van der Waals surface area contributed by atoms with Gasteiger partial charge in [0.15, 0.2) is 0 Å². The number of rotatable bonds is 0. The molecule has 0 fully saturated rings. The fourth-order valence-corrected chi connectivity index (χ4v) is 0. The smallest absolute Gasteiger partial charge is 2.00 e. The van der Waals surface area contributed by atoms with E-state index in [0.29, 0.717) is 0 Å². The van der Waals surface area contributed by atoms with Crippen LogP contribution in [0.15, 0.2) is 0 Å². The van der Waals surface area contributed by atoms with Gasteiger partial charge in [0.05, 0.1) is 0 Å². The van der Waals surface area contributed by atoms with E-state index in [0.717, 1.165) is 0 Å². The van der Waals surface area contributed by atoms with E-state index in [-0.39, 0.29) is 90.7 Å². The third kappa shape index (κ3) is 33.6. The van der Waals surface area contributed by atoms with Gasteiger partial charge in [0.2, 0.25) is 0 Å². The van der Waals surface area contributed by atoms with Crippen LogP contribution >= 0.6 is 0 Å². The molecule has 0 saturated carbocycles. The molecule has 0 bridgehead atoms. The summed E-state index contributed by atoms with van der Waals surface area (Å²) in [7, 11) is 0. The zero-order valence-electron chi connectivity index (χ0n) is 2.94. The van der Waals surface area contributed by atoms with Crippen molar-refractivity contribution in [3.8, 4) is 0 Å². The first kappa shape index (κ1) is 84.3. The normalized spacial score (nSPS) is 0. The molecule has 6 heavy (non-hydrogen) atoms. The van der Waals surface area contributed by atoms with Crippen LogP contribution in [0, 0.1) is 0 Å². The topological polar surface area (TPSA) is 85.5 Å². The molecule has 0 aromatic heterocycles. The molecule has 3 nitrogen and oxygen atoms in total. The Hall–Kier alpha value is 2.28. The van der Waals surface area contributed by atoms with Crippen molar-refractivity contribution in [2.24, 2.45) is 0 Å². The Bertz CT molecular complexity index is 10.8. The maximum absolute atomic E-state index is 0. The molecule has 0 N–H and O–H groups in total. The first-order valence-electron chi connectivity index (χ1n) is 0. The Kier molecular flexibility index (Phi) is 775. The van der Waals surface area contributed by atoms with Crippen molar-refractivity contribution in [3.05, 3.63) is 0 Å². The maximum Gasteiger partial charge on any atom is 2.00 e. The van der Waals surface area contributed by atoms with E-state index in [9.17, 15) is 0 Å². The standard InChI is InChI=1S/Ca.Cu.3O.Zn/q2*+2;3*-2;+2. The van der Waals surface area contributed by atoms with E-state index in [1.807, 2.05) is 0 Å². The van der Waals surface area contributed by atoms with Crippen LogP contribution in [0.5, 0.6) is 0 Å². The van der Waals surface area contributed by atoms with Gasteiger partial charge in [0.25, 0.3) is 0 Å². The van der Waals surface area contributed by atoms with Gasteiger partial charge in [0.1, 0.15) is 0 Å². The van der Waals surface area contributed by atoms with Crippen LogP contribution in [0.2, 0.25) is 0 Å². The van der Waals surface area contributed by atoms with Gasteiger partial charge >= 0.3 is 74.3 Å². The second-order valence-corrected chi connectivity index (χ2v) is 0. The predicted molar refractivity (Wildman–Crippen MR) is 7.81 cm³/mol. The molecule has 0 aliphatic carbocycles. The molecule has 1 radical (unpaired) electrons. The molecule has 0 aliphatic rings. The quantitative estimate of drug-likeness (QED) is 0.478. The molecular weight excluding hydrogens is 217 g/mol. The zero-order valence-corrected chi connectivity index (χ0v) is 9.06. The molecule has 0 spiro atoms. The average Bonchev–Trinajstić information content (AvgIpc) is 0. The van der Waals surface area contributed by atoms with E-state index in [1.54, 1.807) is 0 Å². The van der Waals surface area contributed by atoms with Crippen LogP contribution in [-0.2, 0) is 53.0 Å². The average molecular weight is 217 g/mol. The van der Waals surface area contributed by atoms with Crippen molar-refractivity contribution in [1.82, 2.24) is 0 Å². The van der Waals surface area contributed by atoms with Gasteiger partial charge in [-0.25, -0.2) is 0 Å². The molecule has 0 aromatic rings. The first-order chi connectivity index (χ1) is 0. The molecule has 0 aromatic carbocycles. The molecule has 0 heterocycles. The fourth-order valence-electron chi connectivity index (χ4n) is 0. The van der Waals surface area contributed by atoms with Gasteiger partial charge in [-0.3, -0.25) is 0 Å². The van der Waals surface area contributed by atoms with E-state index in [1.165, 1.54) is 0 Å². The van der Waals surface area contributed by atoms with Crippen LogP contribution < -0.4 is 0 Å². The van der Waals surface area contributed by atoms with Crippen molar-refractivity contribution >= 4 is 37.7 Å². The molecule has 0 saturated heterocycles.